The van der Waals surface area contributed by atoms with Crippen LogP contribution in [0, 0.1) is 5.92 Å². The van der Waals surface area contributed by atoms with Crippen molar-refractivity contribution in [3.05, 3.63) is 70.3 Å². The van der Waals surface area contributed by atoms with Crippen LogP contribution in [0.3, 0.4) is 0 Å². The molecule has 4 nitrogen and oxygen atoms in total. The quantitative estimate of drug-likeness (QED) is 0.492. The summed E-state index contributed by atoms with van der Waals surface area (Å²) in [6, 6.07) is 15.5. The second-order valence-corrected chi connectivity index (χ2v) is 10.1. The lowest BCUT2D eigenvalue weighted by Gasteiger charge is -2.38. The van der Waals surface area contributed by atoms with E-state index in [4.69, 9.17) is 9.84 Å². The van der Waals surface area contributed by atoms with Crippen LogP contribution in [0.15, 0.2) is 48.0 Å². The van der Waals surface area contributed by atoms with E-state index < -0.39 is 5.97 Å². The van der Waals surface area contributed by atoms with Crippen molar-refractivity contribution in [3.8, 4) is 5.75 Å². The van der Waals surface area contributed by atoms with Gasteiger partial charge in [0.15, 0.2) is 0 Å². The first-order chi connectivity index (χ1) is 16.1. The highest BCUT2D eigenvalue weighted by Crippen LogP contribution is 2.35. The Morgan fingerprint density at radius 1 is 1.03 bits per heavy atom. The van der Waals surface area contributed by atoms with Crippen molar-refractivity contribution in [2.24, 2.45) is 5.92 Å². The molecule has 5 rings (SSSR count). The summed E-state index contributed by atoms with van der Waals surface area (Å²) in [7, 11) is 0. The monoisotopic (exact) mass is 481 g/mol. The van der Waals surface area contributed by atoms with E-state index in [2.05, 4.69) is 54.3 Å². The van der Waals surface area contributed by atoms with Crippen LogP contribution in [0.25, 0.3) is 5.57 Å². The van der Waals surface area contributed by atoms with Crippen molar-refractivity contribution in [2.45, 2.75) is 64.4 Å². The number of hydrogen-bond acceptors (Lipinski definition) is 3. The molecule has 1 aliphatic heterocycles. The number of likely N-dealkylation sites (tertiary alicyclic amines) is 1. The number of hydrogen-bond donors (Lipinski definition) is 1. The number of rotatable bonds is 7. The number of nitrogens with zero attached hydrogens (tertiary/aromatic N) is 1. The lowest BCUT2D eigenvalue weighted by Crippen LogP contribution is -2.50. The van der Waals surface area contributed by atoms with Gasteiger partial charge in [0.2, 0.25) is 0 Å². The molecule has 34 heavy (non-hydrogen) atoms. The number of aryl methyl sites for hydroxylation is 1. The van der Waals surface area contributed by atoms with Gasteiger partial charge >= 0.3 is 5.97 Å². The Kier molecular flexibility index (Phi) is 8.00. The van der Waals surface area contributed by atoms with Gasteiger partial charge in [0.25, 0.3) is 0 Å². The topological polar surface area (TPSA) is 49.8 Å². The maximum Gasteiger partial charge on any atom is 0.309 e. The number of benzene rings is 2. The number of aliphatic carboxylic acids is 1. The first-order valence-corrected chi connectivity index (χ1v) is 12.6. The molecule has 2 aromatic rings. The summed E-state index contributed by atoms with van der Waals surface area (Å²) in [5, 5.41) is 9.10. The van der Waals surface area contributed by atoms with Crippen molar-refractivity contribution < 1.29 is 14.6 Å². The molecule has 5 heteroatoms. The van der Waals surface area contributed by atoms with E-state index in [1.165, 1.54) is 65.5 Å². The molecule has 2 aliphatic carbocycles. The van der Waals surface area contributed by atoms with E-state index in [9.17, 15) is 4.79 Å². The Labute approximate surface area is 209 Å². The van der Waals surface area contributed by atoms with E-state index in [-0.39, 0.29) is 18.3 Å². The molecule has 0 aromatic heterocycles. The van der Waals surface area contributed by atoms with Gasteiger partial charge in [0, 0.05) is 19.6 Å². The van der Waals surface area contributed by atoms with Gasteiger partial charge in [0.1, 0.15) is 12.4 Å². The number of carboxylic acid groups (broad SMARTS) is 1. The molecule has 3 aliphatic rings. The third-order valence-electron chi connectivity index (χ3n) is 7.89. The van der Waals surface area contributed by atoms with Crippen LogP contribution in [-0.2, 0) is 17.8 Å². The van der Waals surface area contributed by atoms with Crippen molar-refractivity contribution in [2.75, 3.05) is 19.6 Å². The van der Waals surface area contributed by atoms with Crippen LogP contribution in [0.2, 0.25) is 0 Å². The maximum absolute atomic E-state index is 11.1. The minimum absolute atomic E-state index is 0. The number of allylic oxidation sites excluding steroid dienone is 1. The average molecular weight is 482 g/mol. The molecule has 2 aromatic carbocycles. The second-order valence-electron chi connectivity index (χ2n) is 10.1. The van der Waals surface area contributed by atoms with Gasteiger partial charge in [-0.3, -0.25) is 9.69 Å². The van der Waals surface area contributed by atoms with E-state index >= 15 is 0 Å². The first kappa shape index (κ1) is 24.8. The fraction of sp³-hybridized carbons (Fsp3) is 0.483. The number of halogens is 1. The van der Waals surface area contributed by atoms with Crippen LogP contribution in [0.4, 0.5) is 0 Å². The highest BCUT2D eigenvalue weighted by Gasteiger charge is 2.33. The molecule has 0 spiro atoms. The van der Waals surface area contributed by atoms with E-state index in [0.717, 1.165) is 31.1 Å². The van der Waals surface area contributed by atoms with E-state index in [1.807, 2.05) is 0 Å². The van der Waals surface area contributed by atoms with Gasteiger partial charge in [-0.2, -0.15) is 0 Å². The number of ether oxygens (including phenoxy) is 1. The summed E-state index contributed by atoms with van der Waals surface area (Å²) < 4.78 is 6.15. The highest BCUT2D eigenvalue weighted by atomic mass is 35.5. The van der Waals surface area contributed by atoms with Crippen LogP contribution < -0.4 is 4.74 Å². The summed E-state index contributed by atoms with van der Waals surface area (Å²) in [5.41, 5.74) is 8.17. The third-order valence-corrected chi connectivity index (χ3v) is 7.89. The molecule has 0 radical (unpaired) electrons. The highest BCUT2D eigenvalue weighted by molar-refractivity contribution is 5.85. The predicted molar refractivity (Wildman–Crippen MR) is 139 cm³/mol. The van der Waals surface area contributed by atoms with Gasteiger partial charge in [0.05, 0.1) is 5.92 Å². The molecule has 0 unspecified atom stereocenters. The van der Waals surface area contributed by atoms with Crippen LogP contribution >= 0.6 is 12.4 Å². The van der Waals surface area contributed by atoms with Gasteiger partial charge in [-0.1, -0.05) is 55.2 Å². The smallest absolute Gasteiger partial charge is 0.309 e. The number of carboxylic acids is 1. The van der Waals surface area contributed by atoms with Crippen molar-refractivity contribution >= 4 is 23.9 Å². The Morgan fingerprint density at radius 3 is 2.47 bits per heavy atom. The molecule has 1 N–H and O–H groups in total. The molecule has 182 valence electrons. The largest absolute Gasteiger partial charge is 0.489 e. The van der Waals surface area contributed by atoms with Crippen LogP contribution in [0.5, 0.6) is 5.75 Å². The molecule has 1 heterocycles. The lowest BCUT2D eigenvalue weighted by molar-refractivity contribution is -0.147. The molecule has 2 fully saturated rings. The SMILES string of the molecule is CC1=C(CN2CC(C(=O)O)C2)CCc2cc(OCc3ccc(C4CCCCC4)cc3)ccc21.Cl. The molecule has 1 saturated carbocycles. The summed E-state index contributed by atoms with van der Waals surface area (Å²) in [6.45, 7) is 5.05. The number of fused-ring (bicyclic) bond motifs is 1. The summed E-state index contributed by atoms with van der Waals surface area (Å²) >= 11 is 0. The Bertz CT molecular complexity index is 1030. The maximum atomic E-state index is 11.1. The Hall–Kier alpha value is -2.30. The minimum atomic E-state index is -0.668. The van der Waals surface area contributed by atoms with Gasteiger partial charge in [-0.25, -0.2) is 0 Å². The standard InChI is InChI=1S/C29H35NO3.ClH/c1-20-25(16-30-17-26(18-30)29(31)32)12-11-24-15-27(13-14-28(20)24)33-19-21-7-9-23(10-8-21)22-5-3-2-4-6-22;/h7-10,13-15,22,26H,2-6,11-12,16-19H2,1H3,(H,31,32);1H. The average Bonchev–Trinajstić information content (AvgIpc) is 2.81. The van der Waals surface area contributed by atoms with E-state index in [0.29, 0.717) is 19.7 Å². The molecule has 0 bridgehead atoms. The molecular weight excluding hydrogens is 446 g/mol. The normalized spacial score (nSPS) is 19.2. The van der Waals surface area contributed by atoms with Gasteiger partial charge in [-0.05, 0) is 78.5 Å². The zero-order valence-electron chi connectivity index (χ0n) is 20.1. The molecule has 0 amide bonds. The van der Waals surface area contributed by atoms with Crippen molar-refractivity contribution in [3.63, 3.8) is 0 Å². The molecular formula is C29H36ClNO3. The molecule has 1 saturated heterocycles. The second kappa shape index (κ2) is 11.0. The third kappa shape index (κ3) is 5.50. The van der Waals surface area contributed by atoms with Gasteiger partial charge in [-0.15, -0.1) is 12.4 Å². The number of carbonyl (C=O) groups is 1. The zero-order chi connectivity index (χ0) is 22.8. The van der Waals surface area contributed by atoms with Crippen molar-refractivity contribution in [1.82, 2.24) is 4.90 Å². The van der Waals surface area contributed by atoms with Crippen LogP contribution in [-0.4, -0.2) is 35.6 Å². The predicted octanol–water partition coefficient (Wildman–Crippen LogP) is 6.47. The molecule has 0 atom stereocenters. The lowest BCUT2D eigenvalue weighted by atomic mass is 9.84. The van der Waals surface area contributed by atoms with E-state index in [1.54, 1.807) is 0 Å². The zero-order valence-corrected chi connectivity index (χ0v) is 20.9. The Balaban J connectivity index is 0.00000274. The first-order valence-electron chi connectivity index (χ1n) is 12.6. The fourth-order valence-corrected chi connectivity index (χ4v) is 5.71. The minimum Gasteiger partial charge on any atom is -0.489 e. The summed E-state index contributed by atoms with van der Waals surface area (Å²) in [5.74, 6) is 0.826. The Morgan fingerprint density at radius 2 is 1.76 bits per heavy atom. The van der Waals surface area contributed by atoms with Gasteiger partial charge < -0.3 is 9.84 Å². The summed E-state index contributed by atoms with van der Waals surface area (Å²) in [4.78, 5) is 13.3. The van der Waals surface area contributed by atoms with Crippen molar-refractivity contribution in [1.29, 1.82) is 0 Å². The summed E-state index contributed by atoms with van der Waals surface area (Å²) in [6.07, 6.45) is 8.86. The fourth-order valence-electron chi connectivity index (χ4n) is 5.71. The van der Waals surface area contributed by atoms with Crippen LogP contribution in [0.1, 0.15) is 73.6 Å².